The Balaban J connectivity index is 2.24. The average molecular weight is 292 g/mol. The molecule has 0 spiro atoms. The summed E-state index contributed by atoms with van der Waals surface area (Å²) < 4.78 is 0. The number of aliphatic hydroxyl groups is 1. The summed E-state index contributed by atoms with van der Waals surface area (Å²) in [5.41, 5.74) is 1.59. The smallest absolute Gasteiger partial charge is 0.325 e. The van der Waals surface area contributed by atoms with Crippen LogP contribution in [-0.2, 0) is 4.79 Å². The number of carboxylic acids is 1. The van der Waals surface area contributed by atoms with Crippen molar-refractivity contribution in [2.24, 2.45) is 0 Å². The highest BCUT2D eigenvalue weighted by molar-refractivity contribution is 5.96. The lowest BCUT2D eigenvalue weighted by Gasteiger charge is -2.30. The molecule has 0 aliphatic carbocycles. The maximum atomic E-state index is 12.6. The topological polar surface area (TPSA) is 81.1 Å². The van der Waals surface area contributed by atoms with Crippen molar-refractivity contribution in [3.63, 3.8) is 0 Å². The van der Waals surface area contributed by atoms with E-state index in [0.717, 1.165) is 18.4 Å². The van der Waals surface area contributed by atoms with Crippen molar-refractivity contribution in [2.75, 3.05) is 24.6 Å². The largest absolute Gasteiger partial charge is 0.480 e. The van der Waals surface area contributed by atoms with Crippen LogP contribution in [0, 0.1) is 6.92 Å². The van der Waals surface area contributed by atoms with Gasteiger partial charge in [-0.25, -0.2) is 4.79 Å². The molecule has 2 N–H and O–H groups in total. The summed E-state index contributed by atoms with van der Waals surface area (Å²) in [6, 6.07) is 6.56. The van der Waals surface area contributed by atoms with Crippen LogP contribution in [0.25, 0.3) is 0 Å². The first-order chi connectivity index (χ1) is 10.0. The molecule has 1 saturated heterocycles. The van der Waals surface area contributed by atoms with Crippen LogP contribution in [0.2, 0.25) is 0 Å². The minimum Gasteiger partial charge on any atom is -0.480 e. The van der Waals surface area contributed by atoms with E-state index in [1.165, 1.54) is 4.90 Å². The van der Waals surface area contributed by atoms with E-state index in [-0.39, 0.29) is 18.7 Å². The minimum atomic E-state index is -1.07. The van der Waals surface area contributed by atoms with Crippen LogP contribution in [0.5, 0.6) is 0 Å². The molecule has 2 rings (SSSR count). The molecule has 0 aromatic heterocycles. The SMILES string of the molecule is Cc1ccc(N(CC(=O)O)C(=O)N2CCCC2CO)cc1. The number of carbonyl (C=O) groups excluding carboxylic acids is 1. The number of anilines is 1. The Bertz CT molecular complexity index is 515. The van der Waals surface area contributed by atoms with Gasteiger partial charge in [0, 0.05) is 12.2 Å². The summed E-state index contributed by atoms with van der Waals surface area (Å²) >= 11 is 0. The fraction of sp³-hybridized carbons (Fsp3) is 0.467. The van der Waals surface area contributed by atoms with E-state index in [0.29, 0.717) is 12.2 Å². The number of aliphatic carboxylic acids is 1. The van der Waals surface area contributed by atoms with Gasteiger partial charge in [0.1, 0.15) is 6.54 Å². The van der Waals surface area contributed by atoms with Crippen LogP contribution in [-0.4, -0.2) is 52.9 Å². The lowest BCUT2D eigenvalue weighted by Crippen LogP contribution is -2.48. The summed E-state index contributed by atoms with van der Waals surface area (Å²) in [7, 11) is 0. The lowest BCUT2D eigenvalue weighted by molar-refractivity contribution is -0.135. The van der Waals surface area contributed by atoms with Crippen molar-refractivity contribution in [3.05, 3.63) is 29.8 Å². The van der Waals surface area contributed by atoms with Crippen LogP contribution >= 0.6 is 0 Å². The Hall–Kier alpha value is -2.08. The molecule has 114 valence electrons. The van der Waals surface area contributed by atoms with Crippen molar-refractivity contribution < 1.29 is 19.8 Å². The number of likely N-dealkylation sites (tertiary alicyclic amines) is 1. The molecule has 0 bridgehead atoms. The van der Waals surface area contributed by atoms with Gasteiger partial charge in [0.2, 0.25) is 0 Å². The Labute approximate surface area is 123 Å². The molecule has 1 atom stereocenters. The molecule has 1 aromatic carbocycles. The number of hydrogen-bond donors (Lipinski definition) is 2. The predicted molar refractivity (Wildman–Crippen MR) is 78.4 cm³/mol. The van der Waals surface area contributed by atoms with Gasteiger partial charge in [-0.3, -0.25) is 9.69 Å². The molecule has 2 amide bonds. The zero-order chi connectivity index (χ0) is 15.4. The molecule has 1 heterocycles. The van der Waals surface area contributed by atoms with Gasteiger partial charge in [0.25, 0.3) is 0 Å². The Kier molecular flexibility index (Phi) is 4.80. The second-order valence-electron chi connectivity index (χ2n) is 5.27. The van der Waals surface area contributed by atoms with Gasteiger partial charge in [-0.2, -0.15) is 0 Å². The van der Waals surface area contributed by atoms with Crippen molar-refractivity contribution in [1.82, 2.24) is 4.90 Å². The zero-order valence-electron chi connectivity index (χ0n) is 12.0. The first kappa shape index (κ1) is 15.3. The summed E-state index contributed by atoms with van der Waals surface area (Å²) in [6.07, 6.45) is 1.57. The van der Waals surface area contributed by atoms with Gasteiger partial charge in [-0.15, -0.1) is 0 Å². The molecular formula is C15H20N2O4. The average Bonchev–Trinajstić information content (AvgIpc) is 2.93. The molecule has 1 aliphatic rings. The molecule has 1 unspecified atom stereocenters. The number of aryl methyl sites for hydroxylation is 1. The molecule has 0 saturated carbocycles. The first-order valence-electron chi connectivity index (χ1n) is 7.00. The number of hydrogen-bond acceptors (Lipinski definition) is 3. The van der Waals surface area contributed by atoms with Crippen LogP contribution in [0.15, 0.2) is 24.3 Å². The van der Waals surface area contributed by atoms with E-state index >= 15 is 0 Å². The first-order valence-corrected chi connectivity index (χ1v) is 7.00. The van der Waals surface area contributed by atoms with Gasteiger partial charge in [-0.1, -0.05) is 17.7 Å². The maximum Gasteiger partial charge on any atom is 0.325 e. The number of urea groups is 1. The van der Waals surface area contributed by atoms with E-state index in [1.807, 2.05) is 19.1 Å². The van der Waals surface area contributed by atoms with Crippen LogP contribution < -0.4 is 4.90 Å². The van der Waals surface area contributed by atoms with Crippen molar-refractivity contribution in [2.45, 2.75) is 25.8 Å². The molecular weight excluding hydrogens is 272 g/mol. The third-order valence-electron chi connectivity index (χ3n) is 3.70. The normalized spacial score (nSPS) is 17.8. The molecule has 0 radical (unpaired) electrons. The van der Waals surface area contributed by atoms with E-state index < -0.39 is 12.5 Å². The van der Waals surface area contributed by atoms with E-state index in [9.17, 15) is 14.7 Å². The van der Waals surface area contributed by atoms with Gasteiger partial charge in [0.15, 0.2) is 0 Å². The van der Waals surface area contributed by atoms with E-state index in [2.05, 4.69) is 0 Å². The number of benzene rings is 1. The Morgan fingerprint density at radius 1 is 1.33 bits per heavy atom. The van der Waals surface area contributed by atoms with Gasteiger partial charge in [0.05, 0.1) is 12.6 Å². The second-order valence-corrected chi connectivity index (χ2v) is 5.27. The highest BCUT2D eigenvalue weighted by atomic mass is 16.4. The fourth-order valence-corrected chi connectivity index (χ4v) is 2.56. The molecule has 1 aromatic rings. The zero-order valence-corrected chi connectivity index (χ0v) is 12.0. The van der Waals surface area contributed by atoms with Crippen LogP contribution in [0.4, 0.5) is 10.5 Å². The minimum absolute atomic E-state index is 0.0967. The van der Waals surface area contributed by atoms with E-state index in [4.69, 9.17) is 5.11 Å². The summed E-state index contributed by atoms with van der Waals surface area (Å²) in [6.45, 7) is 1.98. The summed E-state index contributed by atoms with van der Waals surface area (Å²) in [4.78, 5) is 26.5. The van der Waals surface area contributed by atoms with E-state index in [1.54, 1.807) is 17.0 Å². The molecule has 21 heavy (non-hydrogen) atoms. The van der Waals surface area contributed by atoms with Crippen molar-refractivity contribution >= 4 is 17.7 Å². The number of carbonyl (C=O) groups is 2. The monoisotopic (exact) mass is 292 g/mol. The van der Waals surface area contributed by atoms with Gasteiger partial charge >= 0.3 is 12.0 Å². The molecule has 1 fully saturated rings. The highest BCUT2D eigenvalue weighted by Crippen LogP contribution is 2.22. The fourth-order valence-electron chi connectivity index (χ4n) is 2.56. The predicted octanol–water partition coefficient (Wildman–Crippen LogP) is 1.46. The second kappa shape index (κ2) is 6.58. The lowest BCUT2D eigenvalue weighted by atomic mass is 10.2. The number of amides is 2. The molecule has 6 nitrogen and oxygen atoms in total. The molecule has 6 heteroatoms. The highest BCUT2D eigenvalue weighted by Gasteiger charge is 2.32. The summed E-state index contributed by atoms with van der Waals surface area (Å²) in [5.74, 6) is -1.07. The number of aliphatic hydroxyl groups excluding tert-OH is 1. The van der Waals surface area contributed by atoms with Crippen LogP contribution in [0.3, 0.4) is 0 Å². The summed E-state index contributed by atoms with van der Waals surface area (Å²) in [5, 5.41) is 18.4. The molecule has 1 aliphatic heterocycles. The quantitative estimate of drug-likeness (QED) is 0.880. The number of nitrogens with zero attached hydrogens (tertiary/aromatic N) is 2. The Morgan fingerprint density at radius 2 is 2.00 bits per heavy atom. The number of rotatable bonds is 4. The van der Waals surface area contributed by atoms with Crippen molar-refractivity contribution in [1.29, 1.82) is 0 Å². The number of carboxylic acid groups (broad SMARTS) is 1. The standard InChI is InChI=1S/C15H20N2O4/c1-11-4-6-12(7-5-11)17(9-14(19)20)15(21)16-8-2-3-13(16)10-18/h4-7,13,18H,2-3,8-10H2,1H3,(H,19,20). The third kappa shape index (κ3) is 3.52. The maximum absolute atomic E-state index is 12.6. The van der Waals surface area contributed by atoms with Gasteiger partial charge in [-0.05, 0) is 31.9 Å². The van der Waals surface area contributed by atoms with Crippen molar-refractivity contribution in [3.8, 4) is 0 Å². The van der Waals surface area contributed by atoms with Crippen LogP contribution in [0.1, 0.15) is 18.4 Å². The van der Waals surface area contributed by atoms with Gasteiger partial charge < -0.3 is 15.1 Å². The third-order valence-corrected chi connectivity index (χ3v) is 3.70. The Morgan fingerprint density at radius 3 is 2.57 bits per heavy atom.